The molecule has 94 valence electrons. The minimum absolute atomic E-state index is 0.560. The zero-order valence-electron chi connectivity index (χ0n) is 10.3. The van der Waals surface area contributed by atoms with Gasteiger partial charge in [0.2, 0.25) is 0 Å². The summed E-state index contributed by atoms with van der Waals surface area (Å²) in [7, 11) is 1.65. The van der Waals surface area contributed by atoms with Crippen molar-refractivity contribution in [3.8, 4) is 28.8 Å². The summed E-state index contributed by atoms with van der Waals surface area (Å²) in [5.74, 6) is 3.43. The van der Waals surface area contributed by atoms with Crippen LogP contribution in [0.2, 0.25) is 0 Å². The van der Waals surface area contributed by atoms with Crippen molar-refractivity contribution < 1.29 is 4.74 Å². The summed E-state index contributed by atoms with van der Waals surface area (Å²) in [6.45, 7) is 0. The van der Waals surface area contributed by atoms with Crippen LogP contribution in [0.3, 0.4) is 0 Å². The Hall–Kier alpha value is -2.32. The first-order chi connectivity index (χ1) is 9.33. The average molecular weight is 269 g/mol. The molecule has 3 aromatic heterocycles. The lowest BCUT2D eigenvalue weighted by atomic mass is 10.1. The molecule has 3 rings (SSSR count). The fraction of sp³-hybridized carbons (Fsp3) is 0.143. The predicted molar refractivity (Wildman–Crippen MR) is 76.3 cm³/mol. The Morgan fingerprint density at radius 2 is 2.42 bits per heavy atom. The molecule has 0 radical (unpaired) electrons. The topological polar surface area (TPSA) is 50.8 Å². The van der Waals surface area contributed by atoms with Gasteiger partial charge in [-0.2, -0.15) is 0 Å². The molecule has 0 atom stereocenters. The van der Waals surface area contributed by atoms with E-state index in [2.05, 4.69) is 20.9 Å². The maximum Gasteiger partial charge on any atom is 0.184 e. The molecular formula is C14H11N3OS. The second kappa shape index (κ2) is 4.75. The molecule has 0 saturated carbocycles. The van der Waals surface area contributed by atoms with Crippen molar-refractivity contribution in [3.05, 3.63) is 29.4 Å². The number of H-pyrrole nitrogens is 1. The number of nitrogens with zero attached hydrogens (tertiary/aromatic N) is 2. The highest BCUT2D eigenvalue weighted by atomic mass is 32.1. The van der Waals surface area contributed by atoms with E-state index >= 15 is 0 Å². The second-order valence-corrected chi connectivity index (χ2v) is 4.83. The summed E-state index contributed by atoms with van der Waals surface area (Å²) in [4.78, 5) is 11.9. The lowest BCUT2D eigenvalue weighted by Gasteiger charge is -2.01. The Morgan fingerprint density at radius 3 is 3.16 bits per heavy atom. The van der Waals surface area contributed by atoms with Crippen molar-refractivity contribution in [2.24, 2.45) is 0 Å². The van der Waals surface area contributed by atoms with Gasteiger partial charge >= 0.3 is 0 Å². The van der Waals surface area contributed by atoms with Gasteiger partial charge in [0.25, 0.3) is 0 Å². The van der Waals surface area contributed by atoms with Crippen molar-refractivity contribution in [2.45, 2.75) is 6.42 Å². The molecule has 5 heteroatoms. The number of imidazole rings is 1. The number of hydrogen-bond acceptors (Lipinski definition) is 4. The fourth-order valence-electron chi connectivity index (χ4n) is 1.99. The monoisotopic (exact) mass is 269 g/mol. The van der Waals surface area contributed by atoms with Crippen molar-refractivity contribution in [1.82, 2.24) is 15.0 Å². The maximum atomic E-state index is 5.41. The number of terminal acetylenes is 1. The van der Waals surface area contributed by atoms with Crippen molar-refractivity contribution in [2.75, 3.05) is 7.11 Å². The summed E-state index contributed by atoms with van der Waals surface area (Å²) in [6, 6.07) is 1.89. The molecule has 0 spiro atoms. The van der Waals surface area contributed by atoms with Gasteiger partial charge in [-0.05, 0) is 17.0 Å². The highest BCUT2D eigenvalue weighted by molar-refractivity contribution is 7.12. The Kier molecular flexibility index (Phi) is 2.94. The molecule has 4 nitrogen and oxygen atoms in total. The lowest BCUT2D eigenvalue weighted by Crippen LogP contribution is -1.89. The first-order valence-electron chi connectivity index (χ1n) is 5.71. The van der Waals surface area contributed by atoms with Gasteiger partial charge < -0.3 is 9.72 Å². The SMILES string of the molecule is C#CCc1csc(OC)c1-c1nc2cnccc2[nH]1. The number of aromatic amines is 1. The Balaban J connectivity index is 2.19. The molecule has 0 bridgehead atoms. The zero-order chi connectivity index (χ0) is 13.2. The van der Waals surface area contributed by atoms with Crippen molar-refractivity contribution >= 4 is 22.4 Å². The Morgan fingerprint density at radius 1 is 1.53 bits per heavy atom. The summed E-state index contributed by atoms with van der Waals surface area (Å²) >= 11 is 1.53. The number of aromatic nitrogens is 3. The number of fused-ring (bicyclic) bond motifs is 1. The standard InChI is InChI=1S/C14H11N3OS/c1-3-4-9-8-19-14(18-2)12(9)13-16-10-5-6-15-7-11(10)17-13/h1,5-8H,4H2,2H3,(H,16,17). The van der Waals surface area contributed by atoms with E-state index in [0.29, 0.717) is 6.42 Å². The van der Waals surface area contributed by atoms with Crippen LogP contribution in [-0.4, -0.2) is 22.1 Å². The van der Waals surface area contributed by atoms with Crippen LogP contribution < -0.4 is 4.74 Å². The second-order valence-electron chi connectivity index (χ2n) is 3.99. The highest BCUT2D eigenvalue weighted by Crippen LogP contribution is 2.38. The maximum absolute atomic E-state index is 5.41. The van der Waals surface area contributed by atoms with Crippen LogP contribution in [0.1, 0.15) is 5.56 Å². The van der Waals surface area contributed by atoms with Gasteiger partial charge in [0, 0.05) is 12.6 Å². The number of rotatable bonds is 3. The Bertz CT molecular complexity index is 733. The minimum Gasteiger partial charge on any atom is -0.487 e. The van der Waals surface area contributed by atoms with Crippen LogP contribution in [0.15, 0.2) is 23.8 Å². The molecule has 0 saturated heterocycles. The van der Waals surface area contributed by atoms with Gasteiger partial charge in [0.1, 0.15) is 11.3 Å². The number of nitrogens with one attached hydrogen (secondary N) is 1. The van der Waals surface area contributed by atoms with Crippen LogP contribution in [0.4, 0.5) is 0 Å². The average Bonchev–Trinajstić information content (AvgIpc) is 3.01. The largest absolute Gasteiger partial charge is 0.487 e. The molecular weight excluding hydrogens is 258 g/mol. The summed E-state index contributed by atoms with van der Waals surface area (Å²) in [5, 5.41) is 2.83. The predicted octanol–water partition coefficient (Wildman–Crippen LogP) is 2.87. The smallest absolute Gasteiger partial charge is 0.184 e. The normalized spacial score (nSPS) is 10.5. The molecule has 1 N–H and O–H groups in total. The highest BCUT2D eigenvalue weighted by Gasteiger charge is 2.17. The van der Waals surface area contributed by atoms with Gasteiger partial charge in [0.15, 0.2) is 5.06 Å². The van der Waals surface area contributed by atoms with E-state index < -0.39 is 0 Å². The van der Waals surface area contributed by atoms with Gasteiger partial charge in [0.05, 0.1) is 24.4 Å². The minimum atomic E-state index is 0.560. The third-order valence-electron chi connectivity index (χ3n) is 2.83. The fourth-order valence-corrected chi connectivity index (χ4v) is 2.88. The third kappa shape index (κ3) is 1.96. The molecule has 0 aliphatic rings. The molecule has 0 amide bonds. The van der Waals surface area contributed by atoms with Crippen LogP contribution in [-0.2, 0) is 6.42 Å². The van der Waals surface area contributed by atoms with Crippen LogP contribution in [0.5, 0.6) is 5.06 Å². The molecule has 19 heavy (non-hydrogen) atoms. The molecule has 3 heterocycles. The lowest BCUT2D eigenvalue weighted by molar-refractivity contribution is 0.428. The number of thiophene rings is 1. The van der Waals surface area contributed by atoms with E-state index in [9.17, 15) is 0 Å². The first kappa shape index (κ1) is 11.8. The number of pyridine rings is 1. The number of ether oxygens (including phenoxy) is 1. The molecule has 0 aromatic carbocycles. The van der Waals surface area contributed by atoms with E-state index in [-0.39, 0.29) is 0 Å². The summed E-state index contributed by atoms with van der Waals surface area (Å²) < 4.78 is 5.40. The van der Waals surface area contributed by atoms with Gasteiger partial charge in [-0.15, -0.1) is 23.7 Å². The molecule has 0 fully saturated rings. The Labute approximate surface area is 114 Å². The van der Waals surface area contributed by atoms with Crippen LogP contribution in [0.25, 0.3) is 22.4 Å². The van der Waals surface area contributed by atoms with Crippen molar-refractivity contribution in [3.63, 3.8) is 0 Å². The van der Waals surface area contributed by atoms with E-state index in [4.69, 9.17) is 11.2 Å². The number of methoxy groups -OCH3 is 1. The quantitative estimate of drug-likeness (QED) is 0.744. The third-order valence-corrected chi connectivity index (χ3v) is 3.82. The van der Waals surface area contributed by atoms with Crippen LogP contribution >= 0.6 is 11.3 Å². The molecule has 0 unspecified atom stereocenters. The van der Waals surface area contributed by atoms with E-state index in [1.165, 1.54) is 11.3 Å². The molecule has 3 aromatic rings. The van der Waals surface area contributed by atoms with E-state index in [1.807, 2.05) is 11.4 Å². The van der Waals surface area contributed by atoms with Crippen molar-refractivity contribution in [1.29, 1.82) is 0 Å². The zero-order valence-corrected chi connectivity index (χ0v) is 11.1. The van der Waals surface area contributed by atoms with Gasteiger partial charge in [-0.3, -0.25) is 4.98 Å². The summed E-state index contributed by atoms with van der Waals surface area (Å²) in [6.07, 6.45) is 9.43. The first-order valence-corrected chi connectivity index (χ1v) is 6.59. The summed E-state index contributed by atoms with van der Waals surface area (Å²) in [5.41, 5.74) is 3.78. The number of hydrogen-bond donors (Lipinski definition) is 1. The molecule has 0 aliphatic carbocycles. The van der Waals surface area contributed by atoms with Gasteiger partial charge in [-0.1, -0.05) is 0 Å². The molecule has 0 aliphatic heterocycles. The van der Waals surface area contributed by atoms with E-state index in [1.54, 1.807) is 19.5 Å². The van der Waals surface area contributed by atoms with Crippen LogP contribution in [0, 0.1) is 12.3 Å². The van der Waals surface area contributed by atoms with Gasteiger partial charge in [-0.25, -0.2) is 4.98 Å². The van der Waals surface area contributed by atoms with E-state index in [0.717, 1.165) is 33.0 Å².